The van der Waals surface area contributed by atoms with E-state index in [0.717, 1.165) is 20.8 Å². The third kappa shape index (κ3) is 4.65. The molecule has 126 valence electrons. The average molecular weight is 431 g/mol. The van der Waals surface area contributed by atoms with Gasteiger partial charge in [0.1, 0.15) is 0 Å². The van der Waals surface area contributed by atoms with E-state index in [1.165, 1.54) is 3.57 Å². The fraction of sp³-hybridized carbons (Fsp3) is 0.294. The Morgan fingerprint density at radius 2 is 1.48 bits per heavy atom. The molecule has 6 heteroatoms. The van der Waals surface area contributed by atoms with Crippen LogP contribution in [0, 0.1) is 7.14 Å². The molecule has 0 heterocycles. The zero-order chi connectivity index (χ0) is 16.7. The van der Waals surface area contributed by atoms with Gasteiger partial charge in [-0.15, -0.1) is 0 Å². The number of hydrogen-bond donors (Lipinski definition) is 1. The van der Waals surface area contributed by atoms with Crippen molar-refractivity contribution < 1.29 is 45.3 Å². The molecular formula is C17H20IO5-. The van der Waals surface area contributed by atoms with Crippen molar-refractivity contribution in [2.75, 3.05) is 34.5 Å². The minimum absolute atomic E-state index is 0.00886. The van der Waals surface area contributed by atoms with Gasteiger partial charge < -0.3 is 0 Å². The number of ether oxygens (including phenoxy) is 4. The topological polar surface area (TPSA) is 57.2 Å². The average Bonchev–Trinajstić information content (AvgIpc) is 2.61. The molecule has 0 radical (unpaired) electrons. The Morgan fingerprint density at radius 1 is 0.870 bits per heavy atom. The van der Waals surface area contributed by atoms with Gasteiger partial charge in [-0.25, -0.2) is 0 Å². The predicted octanol–water partition coefficient (Wildman–Crippen LogP) is -0.788. The number of methoxy groups -OCH3 is 3. The van der Waals surface area contributed by atoms with Gasteiger partial charge in [-0.1, -0.05) is 0 Å². The van der Waals surface area contributed by atoms with Crippen LogP contribution in [0.25, 0.3) is 0 Å². The molecular weight excluding hydrogens is 411 g/mol. The molecule has 23 heavy (non-hydrogen) atoms. The first kappa shape index (κ1) is 17.7. The van der Waals surface area contributed by atoms with Crippen molar-refractivity contribution in [2.45, 2.75) is 0 Å². The fourth-order valence-corrected chi connectivity index (χ4v) is 4.55. The molecule has 0 atom stereocenters. The van der Waals surface area contributed by atoms with Crippen molar-refractivity contribution >= 4 is 0 Å². The molecule has 0 amide bonds. The van der Waals surface area contributed by atoms with E-state index in [4.69, 9.17) is 24.1 Å². The molecule has 2 aromatic rings. The van der Waals surface area contributed by atoms with Crippen molar-refractivity contribution in [1.82, 2.24) is 0 Å². The van der Waals surface area contributed by atoms with Crippen molar-refractivity contribution in [1.29, 1.82) is 0 Å². The molecule has 0 aliphatic rings. The molecule has 0 saturated carbocycles. The standard InChI is InChI=1S/C17H20IO5/c1-20-14-10-15(21-2)17(16(11-14)22-3)18-12-4-6-13(7-5-12)23-9-8-19/h4-7,10-11,19H,8-9H2,1-3H3/q-1. The van der Waals surface area contributed by atoms with Crippen LogP contribution in [0.5, 0.6) is 23.0 Å². The summed E-state index contributed by atoms with van der Waals surface area (Å²) in [6.45, 7) is 0.309. The van der Waals surface area contributed by atoms with E-state index in [9.17, 15) is 0 Å². The molecule has 2 aromatic carbocycles. The molecule has 2 rings (SSSR count). The zero-order valence-corrected chi connectivity index (χ0v) is 15.5. The van der Waals surface area contributed by atoms with E-state index in [1.54, 1.807) is 21.3 Å². The van der Waals surface area contributed by atoms with Crippen LogP contribution < -0.4 is 40.2 Å². The van der Waals surface area contributed by atoms with Gasteiger partial charge >= 0.3 is 146 Å². The van der Waals surface area contributed by atoms with Crippen LogP contribution >= 0.6 is 0 Å². The van der Waals surface area contributed by atoms with Crippen LogP contribution in [-0.2, 0) is 0 Å². The first-order chi connectivity index (χ1) is 11.2. The van der Waals surface area contributed by atoms with Crippen molar-refractivity contribution in [3.8, 4) is 23.0 Å². The quantitative estimate of drug-likeness (QED) is 0.556. The zero-order valence-electron chi connectivity index (χ0n) is 13.3. The minimum atomic E-state index is -0.482. The van der Waals surface area contributed by atoms with Gasteiger partial charge in [0.05, 0.1) is 0 Å². The van der Waals surface area contributed by atoms with Crippen LogP contribution in [0.2, 0.25) is 0 Å². The molecule has 0 fully saturated rings. The van der Waals surface area contributed by atoms with Gasteiger partial charge in [-0.3, -0.25) is 0 Å². The van der Waals surface area contributed by atoms with E-state index in [2.05, 4.69) is 0 Å². The maximum absolute atomic E-state index is 8.78. The summed E-state index contributed by atoms with van der Waals surface area (Å²) in [4.78, 5) is 0. The number of rotatable bonds is 8. The summed E-state index contributed by atoms with van der Waals surface area (Å²) in [5, 5.41) is 8.78. The monoisotopic (exact) mass is 431 g/mol. The third-order valence-corrected chi connectivity index (χ3v) is 5.98. The molecule has 1 N–H and O–H groups in total. The van der Waals surface area contributed by atoms with Gasteiger partial charge in [0, 0.05) is 0 Å². The number of aliphatic hydroxyl groups is 1. The van der Waals surface area contributed by atoms with Crippen LogP contribution in [-0.4, -0.2) is 39.6 Å². The summed E-state index contributed by atoms with van der Waals surface area (Å²) in [6, 6.07) is 11.6. The SMILES string of the molecule is COc1cc(OC)c([I-]c2ccc(OCCO)cc2)c(OC)c1. The Balaban J connectivity index is 2.24. The molecule has 0 aliphatic heterocycles. The second-order valence-corrected chi connectivity index (χ2v) is 7.33. The summed E-state index contributed by atoms with van der Waals surface area (Å²) < 4.78 is 23.9. The van der Waals surface area contributed by atoms with Crippen LogP contribution in [0.4, 0.5) is 0 Å². The van der Waals surface area contributed by atoms with Gasteiger partial charge in [0.2, 0.25) is 0 Å². The van der Waals surface area contributed by atoms with Crippen LogP contribution in [0.15, 0.2) is 36.4 Å². The molecule has 0 aromatic heterocycles. The van der Waals surface area contributed by atoms with Crippen molar-refractivity contribution in [3.63, 3.8) is 0 Å². The number of hydrogen-bond acceptors (Lipinski definition) is 5. The fourth-order valence-electron chi connectivity index (χ4n) is 1.92. The molecule has 0 aliphatic carbocycles. The molecule has 0 spiro atoms. The third-order valence-electron chi connectivity index (χ3n) is 3.03. The first-order valence-corrected chi connectivity index (χ1v) is 9.16. The van der Waals surface area contributed by atoms with Gasteiger partial charge in [-0.05, 0) is 0 Å². The Labute approximate surface area is 146 Å². The second kappa shape index (κ2) is 8.83. The number of halogens is 1. The summed E-state index contributed by atoms with van der Waals surface area (Å²) in [5.74, 6) is 3.00. The van der Waals surface area contributed by atoms with E-state index < -0.39 is 21.2 Å². The van der Waals surface area contributed by atoms with E-state index in [0.29, 0.717) is 12.4 Å². The molecule has 5 nitrogen and oxygen atoms in total. The second-order valence-electron chi connectivity index (χ2n) is 4.47. The van der Waals surface area contributed by atoms with Crippen molar-refractivity contribution in [3.05, 3.63) is 43.5 Å². The van der Waals surface area contributed by atoms with Crippen molar-refractivity contribution in [2.24, 2.45) is 0 Å². The normalized spacial score (nSPS) is 10.4. The van der Waals surface area contributed by atoms with E-state index >= 15 is 0 Å². The number of aliphatic hydroxyl groups excluding tert-OH is 1. The van der Waals surface area contributed by atoms with E-state index in [1.807, 2.05) is 36.4 Å². The molecule has 0 bridgehead atoms. The Bertz CT molecular complexity index is 602. The summed E-state index contributed by atoms with van der Waals surface area (Å²) >= 11 is -0.482. The van der Waals surface area contributed by atoms with Gasteiger partial charge in [0.25, 0.3) is 0 Å². The Kier molecular flexibility index (Phi) is 6.79. The van der Waals surface area contributed by atoms with Crippen LogP contribution in [0.1, 0.15) is 0 Å². The summed E-state index contributed by atoms with van der Waals surface area (Å²) in [7, 11) is 4.91. The van der Waals surface area contributed by atoms with Gasteiger partial charge in [-0.2, -0.15) is 0 Å². The van der Waals surface area contributed by atoms with E-state index in [-0.39, 0.29) is 6.61 Å². The summed E-state index contributed by atoms with van der Waals surface area (Å²) in [6.07, 6.45) is 0. The first-order valence-electron chi connectivity index (χ1n) is 7.00. The van der Waals surface area contributed by atoms with Gasteiger partial charge in [0.15, 0.2) is 0 Å². The van der Waals surface area contributed by atoms with Crippen LogP contribution in [0.3, 0.4) is 0 Å². The Hall–Kier alpha value is -1.67. The summed E-state index contributed by atoms with van der Waals surface area (Å²) in [5.41, 5.74) is 0. The number of benzene rings is 2. The molecule has 0 saturated heterocycles. The Morgan fingerprint density at radius 3 is 1.96 bits per heavy atom. The molecule has 0 unspecified atom stereocenters. The maximum atomic E-state index is 8.78. The predicted molar refractivity (Wildman–Crippen MR) is 82.5 cm³/mol.